The van der Waals surface area contributed by atoms with Crippen molar-refractivity contribution in [1.29, 1.82) is 0 Å². The minimum Gasteiger partial charge on any atom is -0.377 e. The van der Waals surface area contributed by atoms with Crippen molar-refractivity contribution in [2.45, 2.75) is 13.0 Å². The van der Waals surface area contributed by atoms with Crippen LogP contribution in [0.3, 0.4) is 0 Å². The second-order valence-electron chi connectivity index (χ2n) is 4.78. The molecule has 1 atom stereocenters. The fraction of sp³-hybridized carbons (Fsp3) is 0.333. The zero-order valence-corrected chi connectivity index (χ0v) is 12.1. The predicted octanol–water partition coefficient (Wildman–Crippen LogP) is 2.67. The number of aryl methyl sites for hydroxylation is 1. The molecule has 0 radical (unpaired) electrons. The number of aromatic nitrogens is 1. The smallest absolute Gasteiger partial charge is 0.254 e. The van der Waals surface area contributed by atoms with Gasteiger partial charge in [0, 0.05) is 23.2 Å². The lowest BCUT2D eigenvalue weighted by atomic mass is 10.1. The largest absolute Gasteiger partial charge is 0.377 e. The lowest BCUT2D eigenvalue weighted by Crippen LogP contribution is -2.43. The molecule has 1 amide bonds. The van der Waals surface area contributed by atoms with E-state index in [0.717, 1.165) is 10.7 Å². The molecule has 0 unspecified atom stereocenters. The zero-order chi connectivity index (χ0) is 13.9. The number of ether oxygens (including phenoxy) is 1. The molecule has 0 saturated carbocycles. The van der Waals surface area contributed by atoms with Crippen LogP contribution in [-0.4, -0.2) is 35.5 Å². The van der Waals surface area contributed by atoms with E-state index in [1.165, 1.54) is 0 Å². The molecule has 104 valence electrons. The van der Waals surface area contributed by atoms with Crippen molar-refractivity contribution in [3.63, 3.8) is 0 Å². The van der Waals surface area contributed by atoms with E-state index < -0.39 is 0 Å². The van der Waals surface area contributed by atoms with E-state index in [0.29, 0.717) is 25.3 Å². The van der Waals surface area contributed by atoms with Crippen molar-refractivity contribution in [3.8, 4) is 0 Å². The Balaban J connectivity index is 1.87. The van der Waals surface area contributed by atoms with Gasteiger partial charge in [-0.25, -0.2) is 4.98 Å². The SMILES string of the molecule is Cc1csc([C@H]2COCCN2C(=O)c2ccccc2)n1. The standard InChI is InChI=1S/C15H16N2O2S/c1-11-10-20-14(16-11)13-9-19-8-7-17(13)15(18)12-5-3-2-4-6-12/h2-6,10,13H,7-9H2,1H3/t13-/m1/s1. The number of hydrogen-bond donors (Lipinski definition) is 0. The van der Waals surface area contributed by atoms with Crippen LogP contribution in [-0.2, 0) is 4.74 Å². The van der Waals surface area contributed by atoms with Crippen LogP contribution in [0.4, 0.5) is 0 Å². The van der Waals surface area contributed by atoms with Crippen LogP contribution in [0.5, 0.6) is 0 Å². The summed E-state index contributed by atoms with van der Waals surface area (Å²) in [4.78, 5) is 19.0. The molecule has 3 rings (SSSR count). The van der Waals surface area contributed by atoms with Gasteiger partial charge in [-0.1, -0.05) is 18.2 Å². The second kappa shape index (κ2) is 5.73. The molecule has 20 heavy (non-hydrogen) atoms. The number of morpholine rings is 1. The Labute approximate surface area is 122 Å². The fourth-order valence-electron chi connectivity index (χ4n) is 2.32. The second-order valence-corrected chi connectivity index (χ2v) is 5.67. The lowest BCUT2D eigenvalue weighted by molar-refractivity contribution is -0.00277. The van der Waals surface area contributed by atoms with Gasteiger partial charge in [-0.15, -0.1) is 11.3 Å². The van der Waals surface area contributed by atoms with Crippen molar-refractivity contribution in [1.82, 2.24) is 9.88 Å². The maximum atomic E-state index is 12.6. The highest BCUT2D eigenvalue weighted by Gasteiger charge is 2.31. The molecule has 1 saturated heterocycles. The van der Waals surface area contributed by atoms with Gasteiger partial charge in [0.1, 0.15) is 11.0 Å². The van der Waals surface area contributed by atoms with Gasteiger partial charge in [-0.05, 0) is 19.1 Å². The van der Waals surface area contributed by atoms with E-state index in [2.05, 4.69) is 4.98 Å². The van der Waals surface area contributed by atoms with Crippen molar-refractivity contribution >= 4 is 17.2 Å². The minimum absolute atomic E-state index is 0.0479. The summed E-state index contributed by atoms with van der Waals surface area (Å²) < 4.78 is 5.53. The van der Waals surface area contributed by atoms with Gasteiger partial charge >= 0.3 is 0 Å². The van der Waals surface area contributed by atoms with E-state index >= 15 is 0 Å². The monoisotopic (exact) mass is 288 g/mol. The third-order valence-corrected chi connectivity index (χ3v) is 4.40. The Bertz CT molecular complexity index is 597. The number of rotatable bonds is 2. The number of amides is 1. The van der Waals surface area contributed by atoms with Crippen molar-refractivity contribution < 1.29 is 9.53 Å². The normalized spacial score (nSPS) is 19.1. The molecule has 0 aliphatic carbocycles. The summed E-state index contributed by atoms with van der Waals surface area (Å²) in [7, 11) is 0. The molecule has 1 aromatic carbocycles. The molecule has 1 aliphatic heterocycles. The van der Waals surface area contributed by atoms with Gasteiger partial charge in [-0.3, -0.25) is 4.79 Å². The minimum atomic E-state index is -0.0739. The van der Waals surface area contributed by atoms with E-state index in [-0.39, 0.29) is 11.9 Å². The molecular weight excluding hydrogens is 272 g/mol. The van der Waals surface area contributed by atoms with Crippen LogP contribution in [0.1, 0.15) is 27.1 Å². The summed E-state index contributed by atoms with van der Waals surface area (Å²) in [6, 6.07) is 9.31. The molecule has 4 nitrogen and oxygen atoms in total. The van der Waals surface area contributed by atoms with Crippen LogP contribution in [0.15, 0.2) is 35.7 Å². The molecule has 0 spiro atoms. The number of carbonyl (C=O) groups is 1. The molecule has 2 heterocycles. The Morgan fingerprint density at radius 2 is 2.20 bits per heavy atom. The highest BCUT2D eigenvalue weighted by molar-refractivity contribution is 7.09. The Morgan fingerprint density at radius 3 is 2.90 bits per heavy atom. The van der Waals surface area contributed by atoms with Crippen LogP contribution in [0, 0.1) is 6.92 Å². The molecule has 0 bridgehead atoms. The van der Waals surface area contributed by atoms with E-state index in [9.17, 15) is 4.79 Å². The van der Waals surface area contributed by atoms with Gasteiger partial charge in [0.2, 0.25) is 0 Å². The van der Waals surface area contributed by atoms with Crippen LogP contribution in [0.2, 0.25) is 0 Å². The summed E-state index contributed by atoms with van der Waals surface area (Å²) in [6.07, 6.45) is 0. The number of nitrogens with zero attached hydrogens (tertiary/aromatic N) is 2. The molecule has 1 aromatic heterocycles. The van der Waals surface area contributed by atoms with Gasteiger partial charge in [0.05, 0.1) is 13.2 Å². The Hall–Kier alpha value is -1.72. The maximum absolute atomic E-state index is 12.6. The quantitative estimate of drug-likeness (QED) is 0.853. The first-order valence-corrected chi connectivity index (χ1v) is 7.49. The summed E-state index contributed by atoms with van der Waals surface area (Å²) in [5.74, 6) is 0.0479. The van der Waals surface area contributed by atoms with E-state index in [1.807, 2.05) is 47.5 Å². The number of thiazole rings is 1. The molecule has 2 aromatic rings. The Kier molecular flexibility index (Phi) is 3.80. The van der Waals surface area contributed by atoms with Crippen molar-refractivity contribution in [2.24, 2.45) is 0 Å². The van der Waals surface area contributed by atoms with Crippen molar-refractivity contribution in [3.05, 3.63) is 52.0 Å². The molecule has 5 heteroatoms. The average molecular weight is 288 g/mol. The molecule has 0 N–H and O–H groups in total. The van der Waals surface area contributed by atoms with E-state index in [4.69, 9.17) is 4.74 Å². The number of carbonyl (C=O) groups excluding carboxylic acids is 1. The molecule has 1 aliphatic rings. The van der Waals surface area contributed by atoms with Crippen LogP contribution in [0.25, 0.3) is 0 Å². The first-order valence-electron chi connectivity index (χ1n) is 6.61. The van der Waals surface area contributed by atoms with Gasteiger partial charge in [-0.2, -0.15) is 0 Å². The highest BCUT2D eigenvalue weighted by atomic mass is 32.1. The molecule has 1 fully saturated rings. The van der Waals surface area contributed by atoms with Crippen LogP contribution >= 0.6 is 11.3 Å². The molecular formula is C15H16N2O2S. The average Bonchev–Trinajstić information content (AvgIpc) is 2.94. The number of hydrogen-bond acceptors (Lipinski definition) is 4. The maximum Gasteiger partial charge on any atom is 0.254 e. The fourth-order valence-corrected chi connectivity index (χ4v) is 3.22. The van der Waals surface area contributed by atoms with Gasteiger partial charge < -0.3 is 9.64 Å². The summed E-state index contributed by atoms with van der Waals surface area (Å²) in [5, 5.41) is 2.96. The lowest BCUT2D eigenvalue weighted by Gasteiger charge is -2.34. The zero-order valence-electron chi connectivity index (χ0n) is 11.3. The van der Waals surface area contributed by atoms with E-state index in [1.54, 1.807) is 11.3 Å². The van der Waals surface area contributed by atoms with Crippen molar-refractivity contribution in [2.75, 3.05) is 19.8 Å². The topological polar surface area (TPSA) is 42.4 Å². The first-order chi connectivity index (χ1) is 9.75. The predicted molar refractivity (Wildman–Crippen MR) is 77.9 cm³/mol. The van der Waals surface area contributed by atoms with Gasteiger partial charge in [0.15, 0.2) is 0 Å². The third kappa shape index (κ3) is 2.59. The Morgan fingerprint density at radius 1 is 1.40 bits per heavy atom. The van der Waals surface area contributed by atoms with Gasteiger partial charge in [0.25, 0.3) is 5.91 Å². The highest BCUT2D eigenvalue weighted by Crippen LogP contribution is 2.28. The van der Waals surface area contributed by atoms with Crippen LogP contribution < -0.4 is 0 Å². The third-order valence-electron chi connectivity index (χ3n) is 3.33. The summed E-state index contributed by atoms with van der Waals surface area (Å²) in [5.41, 5.74) is 1.70. The first kappa shape index (κ1) is 13.3. The number of benzene rings is 1. The summed E-state index contributed by atoms with van der Waals surface area (Å²) in [6.45, 7) is 3.68. The summed E-state index contributed by atoms with van der Waals surface area (Å²) >= 11 is 1.59.